The van der Waals surface area contributed by atoms with Gasteiger partial charge in [0.1, 0.15) is 60.0 Å². The lowest BCUT2D eigenvalue weighted by atomic mass is 10.1. The van der Waals surface area contributed by atoms with E-state index in [0.29, 0.717) is 36.5 Å². The van der Waals surface area contributed by atoms with Gasteiger partial charge in [0.25, 0.3) is 0 Å². The Morgan fingerprint density at radius 3 is 1.16 bits per heavy atom. The van der Waals surface area contributed by atoms with Crippen LogP contribution in [0.15, 0.2) is 72.8 Å². The molecule has 13 nitrogen and oxygen atoms in total. The highest BCUT2D eigenvalue weighted by molar-refractivity contribution is 7.15. The number of carbonyl (C=O) groups excluding carboxylic acids is 1. The lowest BCUT2D eigenvalue weighted by Gasteiger charge is -2.34. The quantitative estimate of drug-likeness (QED) is 0.0212. The molecule has 1 atom stereocenters. The number of carbonyl (C=O) groups is 1. The largest absolute Gasteiger partial charge is 0.463 e. The molecule has 3 heterocycles. The van der Waals surface area contributed by atoms with E-state index in [9.17, 15) is 9.90 Å². The van der Waals surface area contributed by atoms with Crippen LogP contribution in [0.5, 0.6) is 17.2 Å². The van der Waals surface area contributed by atoms with Crippen LogP contribution >= 0.6 is 34.0 Å². The predicted octanol–water partition coefficient (Wildman–Crippen LogP) is 15.4. The van der Waals surface area contributed by atoms with Gasteiger partial charge in [0.2, 0.25) is 0 Å². The van der Waals surface area contributed by atoms with E-state index in [2.05, 4.69) is 51.4 Å². The minimum Gasteiger partial charge on any atom is -0.463 e. The number of esters is 1. The van der Waals surface area contributed by atoms with Gasteiger partial charge in [-0.2, -0.15) is 0 Å². The molecular formula is C59H82N6O7S3. The molecule has 0 fully saturated rings. The normalized spacial score (nSPS) is 12.0. The van der Waals surface area contributed by atoms with E-state index in [0.717, 1.165) is 124 Å². The molecule has 0 amide bonds. The molecule has 408 valence electrons. The fourth-order valence-electron chi connectivity index (χ4n) is 8.61. The summed E-state index contributed by atoms with van der Waals surface area (Å²) in [6.45, 7) is 6.09. The summed E-state index contributed by atoms with van der Waals surface area (Å²) in [5.74, 6) is -0.160. The van der Waals surface area contributed by atoms with Crippen molar-refractivity contribution in [2.45, 2.75) is 206 Å². The van der Waals surface area contributed by atoms with E-state index in [1.54, 1.807) is 34.0 Å². The zero-order chi connectivity index (χ0) is 52.8. The molecule has 3 aromatic carbocycles. The van der Waals surface area contributed by atoms with Crippen LogP contribution in [0.2, 0.25) is 0 Å². The SMILES string of the molecule is CCCCCCCc1nnc(-c2ccc(OC(CCCCCCCCCC(=O)OCC(O)CO)(Oc3ccc(-c4nnc(CCCCCCC)s4)cc3)Oc3ccc(-c4nnc(CCCCCCC)s4)cc3)cc2)s1. The molecule has 0 aliphatic heterocycles. The summed E-state index contributed by atoms with van der Waals surface area (Å²) in [4.78, 5) is 12.1. The number of nitrogens with zero attached hydrogens (tertiary/aromatic N) is 6. The molecule has 75 heavy (non-hydrogen) atoms. The Morgan fingerprint density at radius 2 is 0.800 bits per heavy atom. The van der Waals surface area contributed by atoms with Crippen molar-refractivity contribution >= 4 is 40.0 Å². The van der Waals surface area contributed by atoms with Crippen LogP contribution in [-0.2, 0) is 28.8 Å². The fourth-order valence-corrected chi connectivity index (χ4v) is 11.3. The lowest BCUT2D eigenvalue weighted by Crippen LogP contribution is -2.48. The van der Waals surface area contributed by atoms with Gasteiger partial charge in [0.15, 0.2) is 0 Å². The first-order valence-electron chi connectivity index (χ1n) is 28.1. The molecule has 0 spiro atoms. The molecule has 16 heteroatoms. The number of aryl methyl sites for hydroxylation is 3. The smallest absolute Gasteiger partial charge is 0.417 e. The summed E-state index contributed by atoms with van der Waals surface area (Å²) >= 11 is 4.94. The van der Waals surface area contributed by atoms with Crippen molar-refractivity contribution in [2.75, 3.05) is 13.2 Å². The van der Waals surface area contributed by atoms with Gasteiger partial charge in [-0.1, -0.05) is 164 Å². The second kappa shape index (κ2) is 34.0. The number of aliphatic hydroxyl groups excluding tert-OH is 2. The lowest BCUT2D eigenvalue weighted by molar-refractivity contribution is -0.257. The minimum absolute atomic E-state index is 0.185. The number of hydrogen-bond acceptors (Lipinski definition) is 16. The molecule has 0 aliphatic rings. The highest BCUT2D eigenvalue weighted by Crippen LogP contribution is 2.36. The molecule has 6 aromatic rings. The number of rotatable bonds is 40. The Balaban J connectivity index is 1.20. The summed E-state index contributed by atoms with van der Waals surface area (Å²) in [6.07, 6.45) is 27.0. The number of ether oxygens (including phenoxy) is 4. The van der Waals surface area contributed by atoms with E-state index >= 15 is 0 Å². The number of benzene rings is 3. The van der Waals surface area contributed by atoms with Gasteiger partial charge >= 0.3 is 11.9 Å². The predicted molar refractivity (Wildman–Crippen MR) is 304 cm³/mol. The Kier molecular flexibility index (Phi) is 26.9. The topological polar surface area (TPSA) is 172 Å². The van der Waals surface area contributed by atoms with Crippen LogP contribution in [0.25, 0.3) is 31.7 Å². The molecule has 6 rings (SSSR count). The van der Waals surface area contributed by atoms with E-state index in [1.807, 2.05) is 72.8 Å². The third kappa shape index (κ3) is 21.6. The molecule has 2 N–H and O–H groups in total. The van der Waals surface area contributed by atoms with Crippen LogP contribution in [0.4, 0.5) is 0 Å². The Hall–Kier alpha value is -4.87. The first-order chi connectivity index (χ1) is 36.8. The average Bonchev–Trinajstić information content (AvgIpc) is 4.23. The summed E-state index contributed by atoms with van der Waals surface area (Å²) in [7, 11) is 0. The standard InChI is InChI=1S/C59H82N6O7S3/c1-4-7-10-16-21-26-52-60-63-56(73-52)45-30-36-49(37-31-45)70-59(42-25-20-15-13-14-19-24-29-55(68)69-44-48(67)43-66,71-50-38-32-46(33-39-50)57-64-61-53(74-57)27-22-17-11-8-5-2)72-51-40-34-47(35-41-51)58-65-62-54(75-58)28-23-18-12-9-6-3/h30-41,48,66-67H,4-29,42-44H2,1-3H3. The van der Waals surface area contributed by atoms with E-state index in [4.69, 9.17) is 24.1 Å². The van der Waals surface area contributed by atoms with E-state index < -0.39 is 18.7 Å². The molecule has 0 saturated heterocycles. The monoisotopic (exact) mass is 1080 g/mol. The van der Waals surface area contributed by atoms with Crippen molar-refractivity contribution in [3.63, 3.8) is 0 Å². The molecule has 0 radical (unpaired) electrons. The van der Waals surface area contributed by atoms with Crippen molar-refractivity contribution < 1.29 is 34.0 Å². The molecular weight excluding hydrogens is 1000 g/mol. The Morgan fingerprint density at radius 1 is 0.467 bits per heavy atom. The summed E-state index contributed by atoms with van der Waals surface area (Å²) in [5.41, 5.74) is 2.92. The van der Waals surface area contributed by atoms with Gasteiger partial charge in [-0.3, -0.25) is 4.79 Å². The average molecular weight is 1080 g/mol. The number of aliphatic hydroxyl groups is 2. The number of hydrogen-bond donors (Lipinski definition) is 2. The van der Waals surface area contributed by atoms with E-state index in [1.165, 1.54) is 77.0 Å². The van der Waals surface area contributed by atoms with Crippen LogP contribution in [0.3, 0.4) is 0 Å². The van der Waals surface area contributed by atoms with Crippen LogP contribution in [0, 0.1) is 0 Å². The zero-order valence-corrected chi connectivity index (χ0v) is 47.3. The maximum absolute atomic E-state index is 12.1. The second-order valence-corrected chi connectivity index (χ2v) is 22.7. The maximum Gasteiger partial charge on any atom is 0.417 e. The number of unbranched alkanes of at least 4 members (excludes halogenated alkanes) is 18. The van der Waals surface area contributed by atoms with Crippen LogP contribution in [0.1, 0.15) is 190 Å². The summed E-state index contributed by atoms with van der Waals surface area (Å²) < 4.78 is 26.0. The minimum atomic E-state index is -1.57. The van der Waals surface area contributed by atoms with Crippen molar-refractivity contribution in [3.8, 4) is 49.0 Å². The van der Waals surface area contributed by atoms with Crippen LogP contribution < -0.4 is 14.2 Å². The number of aromatic nitrogens is 6. The molecule has 0 aliphatic carbocycles. The van der Waals surface area contributed by atoms with Crippen molar-refractivity contribution in [1.29, 1.82) is 0 Å². The first-order valence-corrected chi connectivity index (χ1v) is 30.5. The second-order valence-electron chi connectivity index (χ2n) is 19.6. The Labute approximate surface area is 458 Å². The summed E-state index contributed by atoms with van der Waals surface area (Å²) in [6, 6.07) is 23.9. The fraction of sp³-hybridized carbons (Fsp3) is 0.576. The van der Waals surface area contributed by atoms with Gasteiger partial charge in [0.05, 0.1) is 13.0 Å². The maximum atomic E-state index is 12.1. The highest BCUT2D eigenvalue weighted by Gasteiger charge is 2.39. The van der Waals surface area contributed by atoms with Gasteiger partial charge in [0, 0.05) is 42.4 Å². The van der Waals surface area contributed by atoms with Crippen molar-refractivity contribution in [2.24, 2.45) is 0 Å². The van der Waals surface area contributed by atoms with Gasteiger partial charge in [-0.05, 0) is 105 Å². The molecule has 0 bridgehead atoms. The van der Waals surface area contributed by atoms with Gasteiger partial charge < -0.3 is 29.2 Å². The van der Waals surface area contributed by atoms with Crippen LogP contribution in [-0.4, -0.2) is 72.1 Å². The third-order valence-corrected chi connectivity index (χ3v) is 16.1. The molecule has 1 unspecified atom stereocenters. The first kappa shape index (κ1) is 59.4. The highest BCUT2D eigenvalue weighted by atomic mass is 32.1. The molecule has 3 aromatic heterocycles. The summed E-state index contributed by atoms with van der Waals surface area (Å²) in [5, 5.41) is 51.5. The van der Waals surface area contributed by atoms with Gasteiger partial charge in [-0.15, -0.1) is 30.6 Å². The third-order valence-electron chi connectivity index (χ3n) is 13.0. The van der Waals surface area contributed by atoms with Gasteiger partial charge in [-0.25, -0.2) is 0 Å². The van der Waals surface area contributed by atoms with Crippen molar-refractivity contribution in [1.82, 2.24) is 30.6 Å². The van der Waals surface area contributed by atoms with E-state index in [-0.39, 0.29) is 12.6 Å². The van der Waals surface area contributed by atoms with Crippen molar-refractivity contribution in [3.05, 3.63) is 87.8 Å². The Bertz CT molecular complexity index is 2230. The zero-order valence-electron chi connectivity index (χ0n) is 44.9. The molecule has 0 saturated carbocycles.